The van der Waals surface area contributed by atoms with Crippen LogP contribution in [0.5, 0.6) is 0 Å². The molecule has 2 heterocycles. The van der Waals surface area contributed by atoms with Crippen molar-refractivity contribution in [1.29, 1.82) is 0 Å². The minimum absolute atomic E-state index is 0.0339. The first kappa shape index (κ1) is 14.7. The summed E-state index contributed by atoms with van der Waals surface area (Å²) >= 11 is 0. The average molecular weight is 317 g/mol. The molecule has 124 valence electrons. The highest BCUT2D eigenvalue weighted by Gasteiger charge is 2.27. The van der Waals surface area contributed by atoms with Crippen LogP contribution in [0.2, 0.25) is 0 Å². The summed E-state index contributed by atoms with van der Waals surface area (Å²) in [6.45, 7) is 0. The van der Waals surface area contributed by atoms with Crippen molar-refractivity contribution in [2.75, 3.05) is 5.32 Å². The molecule has 0 spiro atoms. The summed E-state index contributed by atoms with van der Waals surface area (Å²) in [5, 5.41) is 13.3. The van der Waals surface area contributed by atoms with Crippen LogP contribution >= 0.6 is 0 Å². The smallest absolute Gasteiger partial charge is 0.282 e. The van der Waals surface area contributed by atoms with Gasteiger partial charge >= 0.3 is 0 Å². The highest BCUT2D eigenvalue weighted by molar-refractivity contribution is 5.71. The van der Waals surface area contributed by atoms with Gasteiger partial charge in [-0.05, 0) is 32.1 Å². The SMILES string of the molecule is Cn1c(NC2CCCC2O)nc2c(ncn2C2CCCC2)c1=O. The Balaban J connectivity index is 1.76. The summed E-state index contributed by atoms with van der Waals surface area (Å²) < 4.78 is 3.55. The van der Waals surface area contributed by atoms with E-state index in [2.05, 4.69) is 19.9 Å². The lowest BCUT2D eigenvalue weighted by atomic mass is 10.2. The highest BCUT2D eigenvalue weighted by atomic mass is 16.3. The molecule has 0 aliphatic heterocycles. The van der Waals surface area contributed by atoms with Crippen molar-refractivity contribution in [2.45, 2.75) is 63.1 Å². The zero-order chi connectivity index (χ0) is 16.0. The van der Waals surface area contributed by atoms with Gasteiger partial charge in [0.2, 0.25) is 5.95 Å². The molecule has 0 amide bonds. The fourth-order valence-electron chi connectivity index (χ4n) is 3.90. The molecule has 2 aromatic heterocycles. The monoisotopic (exact) mass is 317 g/mol. The lowest BCUT2D eigenvalue weighted by molar-refractivity contribution is 0.171. The maximum Gasteiger partial charge on any atom is 0.282 e. The number of nitrogens with one attached hydrogen (secondary N) is 1. The average Bonchev–Trinajstić information content (AvgIpc) is 3.25. The molecule has 0 saturated heterocycles. The van der Waals surface area contributed by atoms with Gasteiger partial charge in [-0.15, -0.1) is 0 Å². The van der Waals surface area contributed by atoms with E-state index in [-0.39, 0.29) is 17.7 Å². The molecule has 0 radical (unpaired) electrons. The van der Waals surface area contributed by atoms with Crippen LogP contribution in [0.4, 0.5) is 5.95 Å². The van der Waals surface area contributed by atoms with Crippen molar-refractivity contribution in [3.63, 3.8) is 0 Å². The Kier molecular flexibility index (Phi) is 3.60. The van der Waals surface area contributed by atoms with Crippen LogP contribution in [0, 0.1) is 0 Å². The molecule has 2 unspecified atom stereocenters. The predicted octanol–water partition coefficient (Wildman–Crippen LogP) is 1.57. The van der Waals surface area contributed by atoms with E-state index in [0.29, 0.717) is 23.2 Å². The van der Waals surface area contributed by atoms with E-state index in [1.165, 1.54) is 17.4 Å². The van der Waals surface area contributed by atoms with Crippen molar-refractivity contribution in [1.82, 2.24) is 19.1 Å². The van der Waals surface area contributed by atoms with Gasteiger partial charge in [0.05, 0.1) is 18.5 Å². The van der Waals surface area contributed by atoms with E-state index < -0.39 is 0 Å². The van der Waals surface area contributed by atoms with E-state index in [0.717, 1.165) is 32.1 Å². The molecule has 7 heteroatoms. The van der Waals surface area contributed by atoms with Crippen molar-refractivity contribution >= 4 is 17.1 Å². The number of nitrogens with zero attached hydrogens (tertiary/aromatic N) is 4. The van der Waals surface area contributed by atoms with Crippen LogP contribution < -0.4 is 10.9 Å². The van der Waals surface area contributed by atoms with E-state index in [9.17, 15) is 9.90 Å². The Morgan fingerprint density at radius 2 is 2.00 bits per heavy atom. The van der Waals surface area contributed by atoms with Crippen LogP contribution in [0.1, 0.15) is 51.0 Å². The fourth-order valence-corrected chi connectivity index (χ4v) is 3.90. The lowest BCUT2D eigenvalue weighted by Crippen LogP contribution is -2.32. The quantitative estimate of drug-likeness (QED) is 0.897. The van der Waals surface area contributed by atoms with Crippen LogP contribution in [0.15, 0.2) is 11.1 Å². The topological polar surface area (TPSA) is 85.0 Å². The second kappa shape index (κ2) is 5.63. The first-order valence-corrected chi connectivity index (χ1v) is 8.53. The minimum Gasteiger partial charge on any atom is -0.391 e. The molecule has 2 N–H and O–H groups in total. The highest BCUT2D eigenvalue weighted by Crippen LogP contribution is 2.31. The largest absolute Gasteiger partial charge is 0.391 e. The maximum atomic E-state index is 12.6. The molecule has 2 aliphatic carbocycles. The number of aromatic nitrogens is 4. The lowest BCUT2D eigenvalue weighted by Gasteiger charge is -2.19. The molecular formula is C16H23N5O2. The molecule has 0 bridgehead atoms. The number of aliphatic hydroxyl groups is 1. The van der Waals surface area contributed by atoms with Gasteiger partial charge in [-0.2, -0.15) is 4.98 Å². The molecule has 2 saturated carbocycles. The molecule has 0 aromatic carbocycles. The Labute approximate surface area is 134 Å². The maximum absolute atomic E-state index is 12.6. The summed E-state index contributed by atoms with van der Waals surface area (Å²) in [6.07, 6.45) is 8.74. The summed E-state index contributed by atoms with van der Waals surface area (Å²) in [4.78, 5) is 21.6. The number of rotatable bonds is 3. The first-order valence-electron chi connectivity index (χ1n) is 8.53. The zero-order valence-corrected chi connectivity index (χ0v) is 13.4. The van der Waals surface area contributed by atoms with E-state index in [4.69, 9.17) is 0 Å². The summed E-state index contributed by atoms with van der Waals surface area (Å²) in [5.74, 6) is 0.521. The Bertz CT molecular complexity index is 775. The standard InChI is InChI=1S/C16H23N5O2/c1-20-15(23)13-14(21(9-17-13)10-5-2-3-6-10)19-16(20)18-11-7-4-8-12(11)22/h9-12,22H,2-8H2,1H3,(H,18,19). The number of anilines is 1. The molecule has 2 atom stereocenters. The first-order chi connectivity index (χ1) is 11.1. The van der Waals surface area contributed by atoms with Gasteiger partial charge in [0, 0.05) is 13.1 Å². The van der Waals surface area contributed by atoms with Gasteiger partial charge in [-0.25, -0.2) is 4.98 Å². The Hall–Kier alpha value is -1.89. The van der Waals surface area contributed by atoms with Crippen LogP contribution in [0.25, 0.3) is 11.2 Å². The van der Waals surface area contributed by atoms with Crippen LogP contribution in [-0.2, 0) is 7.05 Å². The van der Waals surface area contributed by atoms with E-state index in [1.807, 2.05) is 0 Å². The third-order valence-electron chi connectivity index (χ3n) is 5.32. The fraction of sp³-hybridized carbons (Fsp3) is 0.688. The number of imidazole rings is 1. The second-order valence-corrected chi connectivity index (χ2v) is 6.81. The van der Waals surface area contributed by atoms with Gasteiger partial charge in [0.1, 0.15) is 0 Å². The third kappa shape index (κ3) is 2.43. The van der Waals surface area contributed by atoms with Gasteiger partial charge < -0.3 is 15.0 Å². The van der Waals surface area contributed by atoms with E-state index in [1.54, 1.807) is 13.4 Å². The summed E-state index contributed by atoms with van der Waals surface area (Å²) in [5.41, 5.74) is 0.952. The zero-order valence-electron chi connectivity index (χ0n) is 13.4. The van der Waals surface area contributed by atoms with Crippen molar-refractivity contribution in [2.24, 2.45) is 7.05 Å². The number of hydrogen-bond acceptors (Lipinski definition) is 5. The van der Waals surface area contributed by atoms with Gasteiger partial charge in [0.15, 0.2) is 11.2 Å². The van der Waals surface area contributed by atoms with Gasteiger partial charge in [-0.1, -0.05) is 12.8 Å². The number of aliphatic hydroxyl groups excluding tert-OH is 1. The van der Waals surface area contributed by atoms with Crippen molar-refractivity contribution in [3.05, 3.63) is 16.7 Å². The molecular weight excluding hydrogens is 294 g/mol. The second-order valence-electron chi connectivity index (χ2n) is 6.81. The van der Waals surface area contributed by atoms with E-state index >= 15 is 0 Å². The van der Waals surface area contributed by atoms with Crippen molar-refractivity contribution in [3.8, 4) is 0 Å². The predicted molar refractivity (Wildman–Crippen MR) is 87.5 cm³/mol. The molecule has 2 aromatic rings. The number of hydrogen-bond donors (Lipinski definition) is 2. The van der Waals surface area contributed by atoms with Gasteiger partial charge in [0.25, 0.3) is 5.56 Å². The molecule has 2 aliphatic rings. The Morgan fingerprint density at radius 3 is 2.70 bits per heavy atom. The van der Waals surface area contributed by atoms with Crippen LogP contribution in [-0.4, -0.2) is 36.4 Å². The molecule has 7 nitrogen and oxygen atoms in total. The molecule has 2 fully saturated rings. The summed E-state index contributed by atoms with van der Waals surface area (Å²) in [7, 11) is 1.70. The summed E-state index contributed by atoms with van der Waals surface area (Å²) in [6, 6.07) is 0.359. The third-order valence-corrected chi connectivity index (χ3v) is 5.32. The van der Waals surface area contributed by atoms with Crippen LogP contribution in [0.3, 0.4) is 0 Å². The van der Waals surface area contributed by atoms with Gasteiger partial charge in [-0.3, -0.25) is 9.36 Å². The molecule has 4 rings (SSSR count). The molecule has 23 heavy (non-hydrogen) atoms. The minimum atomic E-state index is -0.373. The normalized spacial score (nSPS) is 25.5. The Morgan fingerprint density at radius 1 is 1.22 bits per heavy atom. The van der Waals surface area contributed by atoms with Crippen molar-refractivity contribution < 1.29 is 5.11 Å². The number of fused-ring (bicyclic) bond motifs is 1.